The normalized spacial score (nSPS) is 15.0. The van der Waals surface area contributed by atoms with E-state index in [9.17, 15) is 9.00 Å². The number of ether oxygens (including phenoxy) is 4. The van der Waals surface area contributed by atoms with Gasteiger partial charge in [-0.15, -0.1) is 0 Å². The van der Waals surface area contributed by atoms with E-state index in [1.807, 2.05) is 20.9 Å². The summed E-state index contributed by atoms with van der Waals surface area (Å²) >= 11 is 0. The maximum absolute atomic E-state index is 12.3. The molecule has 0 amide bonds. The van der Waals surface area contributed by atoms with Crippen LogP contribution in [0.3, 0.4) is 0 Å². The molecule has 11 nitrogen and oxygen atoms in total. The lowest BCUT2D eigenvalue weighted by molar-refractivity contribution is -0.00240. The van der Waals surface area contributed by atoms with Gasteiger partial charge >= 0.3 is 0 Å². The minimum Gasteiger partial charge on any atom is -0.378 e. The van der Waals surface area contributed by atoms with Crippen LogP contribution in [0.5, 0.6) is 0 Å². The Balaban J connectivity index is 0.00000249. The zero-order valence-corrected chi connectivity index (χ0v) is 20.6. The summed E-state index contributed by atoms with van der Waals surface area (Å²) in [7, 11) is 1.16. The highest BCUT2D eigenvalue weighted by molar-refractivity contribution is 7.85. The first-order valence-electron chi connectivity index (χ1n) is 11.4. The molecule has 2 N–H and O–H groups in total. The van der Waals surface area contributed by atoms with Crippen molar-refractivity contribution < 1.29 is 23.2 Å². The van der Waals surface area contributed by atoms with Crippen molar-refractivity contribution in [2.24, 2.45) is 0 Å². The largest absolute Gasteiger partial charge is 0.378 e. The fourth-order valence-electron chi connectivity index (χ4n) is 2.76. The molecule has 1 aromatic rings. The van der Waals surface area contributed by atoms with Gasteiger partial charge < -0.3 is 24.3 Å². The Morgan fingerprint density at radius 3 is 2.03 bits per heavy atom. The SMILES string of the molecule is CC.CNCCOCCOCCOCCOCCn1[nH]nc(CN2CCS(=O)CC2)c1=O. The highest BCUT2D eigenvalue weighted by Gasteiger charge is 2.18. The number of H-pyrrole nitrogens is 1. The van der Waals surface area contributed by atoms with Crippen LogP contribution in [-0.2, 0) is 42.8 Å². The van der Waals surface area contributed by atoms with Crippen molar-refractivity contribution in [2.75, 3.05) is 91.0 Å². The van der Waals surface area contributed by atoms with Crippen LogP contribution in [0.2, 0.25) is 0 Å². The molecule has 1 saturated heterocycles. The van der Waals surface area contributed by atoms with Gasteiger partial charge in [0.05, 0.1) is 59.4 Å². The van der Waals surface area contributed by atoms with Crippen molar-refractivity contribution in [1.29, 1.82) is 0 Å². The summed E-state index contributed by atoms with van der Waals surface area (Å²) < 4.78 is 34.5. The molecule has 0 saturated carbocycles. The van der Waals surface area contributed by atoms with Gasteiger partial charge in [0.1, 0.15) is 5.69 Å². The number of likely N-dealkylation sites (N-methyl/N-ethyl adjacent to an activating group) is 1. The van der Waals surface area contributed by atoms with E-state index >= 15 is 0 Å². The molecular formula is C20H41N5O6S. The average molecular weight is 480 g/mol. The van der Waals surface area contributed by atoms with Crippen LogP contribution >= 0.6 is 0 Å². The number of nitrogens with one attached hydrogen (secondary N) is 2. The first-order chi connectivity index (χ1) is 15.7. The van der Waals surface area contributed by atoms with E-state index < -0.39 is 10.8 Å². The van der Waals surface area contributed by atoms with Crippen molar-refractivity contribution >= 4 is 10.8 Å². The first-order valence-corrected chi connectivity index (χ1v) is 12.9. The Labute approximate surface area is 193 Å². The predicted molar refractivity (Wildman–Crippen MR) is 125 cm³/mol. The molecule has 2 rings (SSSR count). The van der Waals surface area contributed by atoms with Crippen molar-refractivity contribution in [3.63, 3.8) is 0 Å². The standard InChI is InChI=1S/C18H35N5O6S.C2H6/c1-19-2-6-26-8-10-28-12-13-29-11-9-27-7-3-23-18(24)17(20-21-23)16-22-4-14-30(25)15-5-22;1-2/h19,21H,2-16H2,1H3;1-2H3. The van der Waals surface area contributed by atoms with Crippen LogP contribution in [0.4, 0.5) is 0 Å². The van der Waals surface area contributed by atoms with E-state index in [0.717, 1.165) is 19.6 Å². The molecule has 0 aliphatic carbocycles. The van der Waals surface area contributed by atoms with Crippen LogP contribution in [-0.4, -0.2) is 115 Å². The molecule has 0 atom stereocenters. The summed E-state index contributed by atoms with van der Waals surface area (Å²) in [6.45, 7) is 11.4. The molecule has 12 heteroatoms. The van der Waals surface area contributed by atoms with Gasteiger partial charge in [-0.25, -0.2) is 9.90 Å². The molecule has 1 fully saturated rings. The van der Waals surface area contributed by atoms with Crippen LogP contribution in [0.15, 0.2) is 4.79 Å². The first kappa shape index (κ1) is 28.9. The lowest BCUT2D eigenvalue weighted by Gasteiger charge is -2.24. The quantitative estimate of drug-likeness (QED) is 0.284. The number of aromatic nitrogens is 3. The van der Waals surface area contributed by atoms with Gasteiger partial charge in [-0.2, -0.15) is 5.10 Å². The molecular weight excluding hydrogens is 438 g/mol. The van der Waals surface area contributed by atoms with E-state index in [1.54, 1.807) is 0 Å². The molecule has 0 aromatic carbocycles. The van der Waals surface area contributed by atoms with Gasteiger partial charge in [0.15, 0.2) is 0 Å². The lowest BCUT2D eigenvalue weighted by Crippen LogP contribution is -2.38. The Bertz CT molecular complexity index is 647. The smallest absolute Gasteiger partial charge is 0.291 e. The van der Waals surface area contributed by atoms with E-state index in [1.165, 1.54) is 4.68 Å². The topological polar surface area (TPSA) is 120 Å². The highest BCUT2D eigenvalue weighted by Crippen LogP contribution is 2.03. The van der Waals surface area contributed by atoms with E-state index in [4.69, 9.17) is 18.9 Å². The fourth-order valence-corrected chi connectivity index (χ4v) is 3.89. The third-order valence-electron chi connectivity index (χ3n) is 4.51. The van der Waals surface area contributed by atoms with Crippen LogP contribution in [0.1, 0.15) is 19.5 Å². The minimum absolute atomic E-state index is 0.131. The molecule has 2 heterocycles. The highest BCUT2D eigenvalue weighted by atomic mass is 32.2. The average Bonchev–Trinajstić information content (AvgIpc) is 3.16. The van der Waals surface area contributed by atoms with Gasteiger partial charge in [0.25, 0.3) is 5.56 Å². The monoisotopic (exact) mass is 479 g/mol. The van der Waals surface area contributed by atoms with Gasteiger partial charge in [-0.1, -0.05) is 13.8 Å². The molecule has 0 radical (unpaired) electrons. The second kappa shape index (κ2) is 19.3. The Morgan fingerprint density at radius 2 is 1.47 bits per heavy atom. The third kappa shape index (κ3) is 12.8. The fraction of sp³-hybridized carbons (Fsp3) is 0.900. The Morgan fingerprint density at radius 1 is 0.938 bits per heavy atom. The van der Waals surface area contributed by atoms with Crippen LogP contribution < -0.4 is 10.9 Å². The number of aromatic amines is 1. The molecule has 0 unspecified atom stereocenters. The van der Waals surface area contributed by atoms with Crippen LogP contribution in [0.25, 0.3) is 0 Å². The second-order valence-corrected chi connectivity index (χ2v) is 8.49. The van der Waals surface area contributed by atoms with E-state index in [0.29, 0.717) is 83.1 Å². The van der Waals surface area contributed by atoms with Gasteiger partial charge in [0, 0.05) is 48.5 Å². The predicted octanol–water partition coefficient (Wildman–Crippen LogP) is -0.552. The molecule has 0 bridgehead atoms. The summed E-state index contributed by atoms with van der Waals surface area (Å²) in [5.74, 6) is 1.32. The zero-order chi connectivity index (χ0) is 23.4. The molecule has 1 aromatic heterocycles. The van der Waals surface area contributed by atoms with Crippen molar-refractivity contribution in [3.05, 3.63) is 16.0 Å². The number of rotatable bonds is 17. The van der Waals surface area contributed by atoms with Gasteiger partial charge in [0.2, 0.25) is 0 Å². The Hall–Kier alpha value is -1.15. The molecule has 188 valence electrons. The number of hydrogen-bond acceptors (Lipinski definition) is 9. The van der Waals surface area contributed by atoms with Crippen molar-refractivity contribution in [3.8, 4) is 0 Å². The second-order valence-electron chi connectivity index (χ2n) is 6.79. The Kier molecular flexibility index (Phi) is 17.4. The van der Waals surface area contributed by atoms with Gasteiger partial charge in [-0.05, 0) is 7.05 Å². The lowest BCUT2D eigenvalue weighted by atomic mass is 10.4. The molecule has 32 heavy (non-hydrogen) atoms. The summed E-state index contributed by atoms with van der Waals surface area (Å²) in [6, 6.07) is 0. The molecule has 0 spiro atoms. The summed E-state index contributed by atoms with van der Waals surface area (Å²) in [4.78, 5) is 14.5. The summed E-state index contributed by atoms with van der Waals surface area (Å²) in [6.07, 6.45) is 0. The molecule has 1 aliphatic heterocycles. The maximum atomic E-state index is 12.3. The maximum Gasteiger partial charge on any atom is 0.291 e. The summed E-state index contributed by atoms with van der Waals surface area (Å²) in [5.41, 5.74) is 0.354. The third-order valence-corrected chi connectivity index (χ3v) is 5.79. The van der Waals surface area contributed by atoms with Crippen molar-refractivity contribution in [1.82, 2.24) is 25.2 Å². The van der Waals surface area contributed by atoms with Crippen LogP contribution in [0, 0.1) is 0 Å². The van der Waals surface area contributed by atoms with E-state index in [2.05, 4.69) is 20.5 Å². The number of nitrogens with zero attached hydrogens (tertiary/aromatic N) is 3. The molecule has 1 aliphatic rings. The van der Waals surface area contributed by atoms with Gasteiger partial charge in [-0.3, -0.25) is 13.9 Å². The van der Waals surface area contributed by atoms with E-state index in [-0.39, 0.29) is 5.56 Å². The minimum atomic E-state index is -0.725. The zero-order valence-electron chi connectivity index (χ0n) is 19.8. The number of hydrogen-bond donors (Lipinski definition) is 2. The summed E-state index contributed by atoms with van der Waals surface area (Å²) in [5, 5.41) is 9.87. The van der Waals surface area contributed by atoms with Crippen molar-refractivity contribution in [2.45, 2.75) is 26.9 Å².